The van der Waals surface area contributed by atoms with Crippen molar-refractivity contribution in [2.45, 2.75) is 73.6 Å². The van der Waals surface area contributed by atoms with Gasteiger partial charge in [0.2, 0.25) is 0 Å². The van der Waals surface area contributed by atoms with Crippen LogP contribution in [0.5, 0.6) is 0 Å². The SMILES string of the molecule is C=CC(=O)OCCCCCCCCCCCC[Si]C(Br)Br. The molecule has 0 aromatic rings. The zero-order valence-corrected chi connectivity index (χ0v) is 17.1. The van der Waals surface area contributed by atoms with Crippen LogP contribution < -0.4 is 0 Å². The van der Waals surface area contributed by atoms with Crippen molar-refractivity contribution in [2.24, 2.45) is 0 Å². The van der Waals surface area contributed by atoms with Gasteiger partial charge in [-0.2, -0.15) is 0 Å². The molecular formula is C16H28Br2O2Si. The summed E-state index contributed by atoms with van der Waals surface area (Å²) in [4.78, 5) is 10.8. The molecule has 0 heterocycles. The Kier molecular flexibility index (Phi) is 17.1. The van der Waals surface area contributed by atoms with E-state index in [0.29, 0.717) is 9.97 Å². The maximum Gasteiger partial charge on any atom is 0.330 e. The van der Waals surface area contributed by atoms with Crippen molar-refractivity contribution in [3.8, 4) is 0 Å². The Morgan fingerprint density at radius 3 is 1.90 bits per heavy atom. The van der Waals surface area contributed by atoms with Crippen molar-refractivity contribution in [3.63, 3.8) is 0 Å². The van der Waals surface area contributed by atoms with Crippen molar-refractivity contribution in [1.29, 1.82) is 0 Å². The van der Waals surface area contributed by atoms with E-state index in [0.717, 1.165) is 22.4 Å². The molecule has 0 rings (SSSR count). The van der Waals surface area contributed by atoms with E-state index in [1.54, 1.807) is 0 Å². The molecule has 0 saturated heterocycles. The van der Waals surface area contributed by atoms with Crippen LogP contribution in [0.4, 0.5) is 0 Å². The molecule has 0 aliphatic heterocycles. The zero-order valence-electron chi connectivity index (χ0n) is 12.9. The fraction of sp³-hybridized carbons (Fsp3) is 0.812. The van der Waals surface area contributed by atoms with Crippen LogP contribution in [0.15, 0.2) is 12.7 Å². The van der Waals surface area contributed by atoms with Gasteiger partial charge in [-0.1, -0.05) is 102 Å². The summed E-state index contributed by atoms with van der Waals surface area (Å²) in [6, 6.07) is 1.34. The third kappa shape index (κ3) is 18.3. The van der Waals surface area contributed by atoms with E-state index >= 15 is 0 Å². The summed E-state index contributed by atoms with van der Waals surface area (Å²) in [5.74, 6) is -0.307. The molecule has 5 heteroatoms. The lowest BCUT2D eigenvalue weighted by Crippen LogP contribution is -2.01. The van der Waals surface area contributed by atoms with Crippen LogP contribution in [-0.4, -0.2) is 25.5 Å². The summed E-state index contributed by atoms with van der Waals surface area (Å²) in [7, 11) is 0.995. The fourth-order valence-corrected chi connectivity index (χ4v) is 4.13. The van der Waals surface area contributed by atoms with Crippen molar-refractivity contribution in [3.05, 3.63) is 12.7 Å². The van der Waals surface area contributed by atoms with Crippen molar-refractivity contribution < 1.29 is 9.53 Å². The lowest BCUT2D eigenvalue weighted by Gasteiger charge is -2.04. The number of unbranched alkanes of at least 4 members (excludes halogenated alkanes) is 9. The minimum atomic E-state index is -0.307. The summed E-state index contributed by atoms with van der Waals surface area (Å²) in [6.07, 6.45) is 14.2. The average Bonchev–Trinajstić information content (AvgIpc) is 2.46. The normalized spacial score (nSPS) is 10.8. The molecule has 0 spiro atoms. The van der Waals surface area contributed by atoms with E-state index in [-0.39, 0.29) is 5.97 Å². The molecular weight excluding hydrogens is 412 g/mol. The van der Waals surface area contributed by atoms with Gasteiger partial charge in [0, 0.05) is 6.08 Å². The van der Waals surface area contributed by atoms with Gasteiger partial charge >= 0.3 is 5.97 Å². The van der Waals surface area contributed by atoms with Gasteiger partial charge in [-0.3, -0.25) is 0 Å². The maximum absolute atomic E-state index is 10.8. The van der Waals surface area contributed by atoms with Gasteiger partial charge in [0.15, 0.2) is 0 Å². The third-order valence-electron chi connectivity index (χ3n) is 3.28. The first-order valence-electron chi connectivity index (χ1n) is 7.97. The minimum absolute atomic E-state index is 0.307. The number of hydrogen-bond acceptors (Lipinski definition) is 2. The molecule has 0 aliphatic carbocycles. The molecule has 0 fully saturated rings. The number of halogens is 2. The molecule has 0 unspecified atom stereocenters. The van der Waals surface area contributed by atoms with Gasteiger partial charge < -0.3 is 4.74 Å². The molecule has 0 amide bonds. The molecule has 0 atom stereocenters. The molecule has 0 aromatic heterocycles. The van der Waals surface area contributed by atoms with E-state index in [4.69, 9.17) is 4.74 Å². The van der Waals surface area contributed by atoms with Gasteiger partial charge in [-0.15, -0.1) is 0 Å². The number of ether oxygens (including phenoxy) is 1. The van der Waals surface area contributed by atoms with Gasteiger partial charge in [0.25, 0.3) is 0 Å². The predicted octanol–water partition coefficient (Wildman–Crippen LogP) is 5.81. The predicted molar refractivity (Wildman–Crippen MR) is 99.5 cm³/mol. The van der Waals surface area contributed by atoms with Crippen LogP contribution >= 0.6 is 31.9 Å². The third-order valence-corrected chi connectivity index (χ3v) is 6.17. The number of carbonyl (C=O) groups excluding carboxylic acids is 1. The topological polar surface area (TPSA) is 26.3 Å². The number of carbonyl (C=O) groups is 1. The van der Waals surface area contributed by atoms with Gasteiger partial charge in [0.1, 0.15) is 0 Å². The summed E-state index contributed by atoms with van der Waals surface area (Å²) >= 11 is 7.04. The number of esters is 1. The monoisotopic (exact) mass is 438 g/mol. The summed E-state index contributed by atoms with van der Waals surface area (Å²) < 4.78 is 5.45. The molecule has 21 heavy (non-hydrogen) atoms. The highest BCUT2D eigenvalue weighted by Crippen LogP contribution is 2.13. The molecule has 2 radical (unpaired) electrons. The summed E-state index contributed by atoms with van der Waals surface area (Å²) in [5, 5.41) is 0. The molecule has 0 aliphatic rings. The Hall–Kier alpha value is 0.387. The quantitative estimate of drug-likeness (QED) is 0.106. The highest BCUT2D eigenvalue weighted by Gasteiger charge is 1.99. The number of hydrogen-bond donors (Lipinski definition) is 0. The Morgan fingerprint density at radius 2 is 1.43 bits per heavy atom. The Balaban J connectivity index is 3.02. The highest BCUT2D eigenvalue weighted by molar-refractivity contribution is 9.25. The second-order valence-corrected chi connectivity index (χ2v) is 11.4. The average molecular weight is 440 g/mol. The fourth-order valence-electron chi connectivity index (χ4n) is 2.08. The second kappa shape index (κ2) is 16.8. The van der Waals surface area contributed by atoms with E-state index < -0.39 is 0 Å². The lowest BCUT2D eigenvalue weighted by molar-refractivity contribution is -0.137. The Morgan fingerprint density at radius 1 is 0.952 bits per heavy atom. The molecule has 122 valence electrons. The van der Waals surface area contributed by atoms with E-state index in [2.05, 4.69) is 38.4 Å². The van der Waals surface area contributed by atoms with E-state index in [1.807, 2.05) is 0 Å². The lowest BCUT2D eigenvalue weighted by atomic mass is 10.1. The molecule has 0 bridgehead atoms. The van der Waals surface area contributed by atoms with Crippen LogP contribution in [-0.2, 0) is 9.53 Å². The standard InChI is InChI=1S/C16H28Br2O2Si/c1-2-15(19)20-13-11-9-7-5-3-4-6-8-10-12-14-21-16(17)18/h2,16H,1,3-14H2. The molecule has 2 nitrogen and oxygen atoms in total. The zero-order chi connectivity index (χ0) is 15.8. The van der Waals surface area contributed by atoms with Crippen LogP contribution in [0.25, 0.3) is 0 Å². The number of rotatable bonds is 15. The van der Waals surface area contributed by atoms with Crippen LogP contribution in [0.1, 0.15) is 64.2 Å². The molecule has 0 N–H and O–H groups in total. The Labute approximate surface area is 149 Å². The van der Waals surface area contributed by atoms with Crippen molar-refractivity contribution in [2.75, 3.05) is 6.61 Å². The van der Waals surface area contributed by atoms with Gasteiger partial charge in [-0.05, 0) is 6.42 Å². The molecule has 0 aromatic carbocycles. The number of alkyl halides is 2. The first-order valence-corrected chi connectivity index (χ1v) is 11.1. The van der Waals surface area contributed by atoms with Crippen LogP contribution in [0.3, 0.4) is 0 Å². The Bertz CT molecular complexity index is 261. The van der Waals surface area contributed by atoms with Gasteiger partial charge in [0.05, 0.1) is 19.5 Å². The molecule has 0 saturated carbocycles. The van der Waals surface area contributed by atoms with Crippen molar-refractivity contribution in [1.82, 2.24) is 0 Å². The first kappa shape index (κ1) is 21.4. The first-order chi connectivity index (χ1) is 10.2. The summed E-state index contributed by atoms with van der Waals surface area (Å²) in [6.45, 7) is 3.91. The smallest absolute Gasteiger partial charge is 0.330 e. The minimum Gasteiger partial charge on any atom is -0.463 e. The highest BCUT2D eigenvalue weighted by atomic mass is 79.9. The van der Waals surface area contributed by atoms with Crippen LogP contribution in [0.2, 0.25) is 6.04 Å². The summed E-state index contributed by atoms with van der Waals surface area (Å²) in [5.41, 5.74) is 0. The maximum atomic E-state index is 10.8. The van der Waals surface area contributed by atoms with Crippen molar-refractivity contribution >= 4 is 47.3 Å². The van der Waals surface area contributed by atoms with Gasteiger partial charge in [-0.25, -0.2) is 4.79 Å². The van der Waals surface area contributed by atoms with E-state index in [1.165, 1.54) is 63.5 Å². The van der Waals surface area contributed by atoms with Crippen LogP contribution in [0, 0.1) is 0 Å². The van der Waals surface area contributed by atoms with E-state index in [9.17, 15) is 4.79 Å². The second-order valence-electron chi connectivity index (χ2n) is 5.16. The largest absolute Gasteiger partial charge is 0.463 e.